The molecule has 0 aliphatic heterocycles. The lowest BCUT2D eigenvalue weighted by Gasteiger charge is -2.20. The van der Waals surface area contributed by atoms with E-state index in [1.807, 2.05) is 19.2 Å². The topological polar surface area (TPSA) is 29.3 Å². The van der Waals surface area contributed by atoms with Crippen molar-refractivity contribution in [1.29, 1.82) is 0 Å². The minimum atomic E-state index is 0.658. The van der Waals surface area contributed by atoms with Gasteiger partial charge in [0.05, 0.1) is 10.7 Å². The highest BCUT2D eigenvalue weighted by Crippen LogP contribution is 2.27. The van der Waals surface area contributed by atoms with Crippen molar-refractivity contribution in [2.24, 2.45) is 5.73 Å². The number of hydrogen-bond acceptors (Lipinski definition) is 2. The van der Waals surface area contributed by atoms with Crippen LogP contribution in [0.15, 0.2) is 18.2 Å². The monoisotopic (exact) mass is 232 g/mol. The molecule has 0 amide bonds. The van der Waals surface area contributed by atoms with Crippen molar-refractivity contribution in [3.63, 3.8) is 0 Å². The van der Waals surface area contributed by atoms with Gasteiger partial charge in [0.2, 0.25) is 0 Å². The average molecular weight is 233 g/mol. The van der Waals surface area contributed by atoms with Crippen molar-refractivity contribution in [3.05, 3.63) is 28.2 Å². The summed E-state index contributed by atoms with van der Waals surface area (Å²) >= 11 is 11.8. The van der Waals surface area contributed by atoms with Gasteiger partial charge in [-0.15, -0.1) is 0 Å². The second-order valence-corrected chi connectivity index (χ2v) is 4.00. The Kier molecular flexibility index (Phi) is 4.52. The fourth-order valence-corrected chi connectivity index (χ4v) is 1.79. The summed E-state index contributed by atoms with van der Waals surface area (Å²) in [5.41, 5.74) is 6.43. The summed E-state index contributed by atoms with van der Waals surface area (Å²) in [6.45, 7) is 1.59. The molecule has 78 valence electrons. The fourth-order valence-electron chi connectivity index (χ4n) is 1.24. The first-order chi connectivity index (χ1) is 6.65. The summed E-state index contributed by atoms with van der Waals surface area (Å²) in [6, 6.07) is 5.50. The maximum atomic E-state index is 6.05. The Morgan fingerprint density at radius 1 is 1.36 bits per heavy atom. The van der Waals surface area contributed by atoms with Crippen LogP contribution in [0.25, 0.3) is 0 Å². The molecule has 0 atom stereocenters. The third-order valence-corrected chi connectivity index (χ3v) is 2.56. The third-order valence-electron chi connectivity index (χ3n) is 2.02. The largest absolute Gasteiger partial charge is 0.373 e. The van der Waals surface area contributed by atoms with Gasteiger partial charge in [-0.3, -0.25) is 0 Å². The third kappa shape index (κ3) is 3.05. The molecule has 1 aromatic carbocycles. The molecule has 0 aromatic heterocycles. The summed E-state index contributed by atoms with van der Waals surface area (Å²) < 4.78 is 0. The summed E-state index contributed by atoms with van der Waals surface area (Å²) in [5, 5.41) is 1.34. The van der Waals surface area contributed by atoms with Gasteiger partial charge < -0.3 is 10.6 Å². The predicted molar refractivity (Wildman–Crippen MR) is 63.4 cm³/mol. The van der Waals surface area contributed by atoms with Crippen molar-refractivity contribution in [3.8, 4) is 0 Å². The number of halogens is 2. The first-order valence-electron chi connectivity index (χ1n) is 4.51. The molecule has 0 unspecified atom stereocenters. The highest BCUT2D eigenvalue weighted by molar-refractivity contribution is 6.36. The molecule has 0 spiro atoms. The zero-order valence-corrected chi connectivity index (χ0v) is 9.65. The van der Waals surface area contributed by atoms with Crippen LogP contribution in [0.5, 0.6) is 0 Å². The molecule has 0 fully saturated rings. The van der Waals surface area contributed by atoms with Crippen molar-refractivity contribution in [2.75, 3.05) is 25.0 Å². The van der Waals surface area contributed by atoms with E-state index in [4.69, 9.17) is 28.9 Å². The molecular weight excluding hydrogens is 219 g/mol. The summed E-state index contributed by atoms with van der Waals surface area (Å²) in [6.07, 6.45) is 0.954. The maximum Gasteiger partial charge on any atom is 0.0654 e. The lowest BCUT2D eigenvalue weighted by Crippen LogP contribution is -2.21. The SMILES string of the molecule is CN(CCCN)c1ccc(Cl)cc1Cl. The van der Waals surface area contributed by atoms with Crippen LogP contribution in [0, 0.1) is 0 Å². The van der Waals surface area contributed by atoms with Crippen LogP contribution in [0.2, 0.25) is 10.0 Å². The van der Waals surface area contributed by atoms with E-state index in [-0.39, 0.29) is 0 Å². The molecule has 0 bridgehead atoms. The van der Waals surface area contributed by atoms with Crippen LogP contribution in [0.4, 0.5) is 5.69 Å². The van der Waals surface area contributed by atoms with Crippen molar-refractivity contribution in [2.45, 2.75) is 6.42 Å². The van der Waals surface area contributed by atoms with E-state index in [1.165, 1.54) is 0 Å². The van der Waals surface area contributed by atoms with E-state index in [0.29, 0.717) is 16.6 Å². The van der Waals surface area contributed by atoms with E-state index in [1.54, 1.807) is 6.07 Å². The van der Waals surface area contributed by atoms with Crippen LogP contribution >= 0.6 is 23.2 Å². The van der Waals surface area contributed by atoms with Gasteiger partial charge >= 0.3 is 0 Å². The average Bonchev–Trinajstić information content (AvgIpc) is 2.14. The van der Waals surface area contributed by atoms with Crippen LogP contribution in [-0.4, -0.2) is 20.1 Å². The van der Waals surface area contributed by atoms with E-state index in [2.05, 4.69) is 4.90 Å². The van der Waals surface area contributed by atoms with Crippen molar-refractivity contribution >= 4 is 28.9 Å². The summed E-state index contributed by atoms with van der Waals surface area (Å²) in [7, 11) is 1.99. The maximum absolute atomic E-state index is 6.05. The minimum Gasteiger partial charge on any atom is -0.373 e. The number of benzene rings is 1. The predicted octanol–water partition coefficient (Wildman–Crippen LogP) is 2.78. The van der Waals surface area contributed by atoms with Gasteiger partial charge in [0, 0.05) is 18.6 Å². The normalized spacial score (nSPS) is 10.3. The number of nitrogens with zero attached hydrogens (tertiary/aromatic N) is 1. The van der Waals surface area contributed by atoms with Gasteiger partial charge in [0.25, 0.3) is 0 Å². The molecule has 0 radical (unpaired) electrons. The van der Waals surface area contributed by atoms with E-state index < -0.39 is 0 Å². The lowest BCUT2D eigenvalue weighted by molar-refractivity contribution is 0.796. The minimum absolute atomic E-state index is 0.658. The zero-order valence-electron chi connectivity index (χ0n) is 8.13. The second-order valence-electron chi connectivity index (χ2n) is 3.16. The van der Waals surface area contributed by atoms with E-state index >= 15 is 0 Å². The standard InChI is InChI=1S/C10H14Cl2N2/c1-14(6-2-5-13)10-4-3-8(11)7-9(10)12/h3-4,7H,2,5-6,13H2,1H3. The number of nitrogens with two attached hydrogens (primary N) is 1. The molecule has 0 aliphatic carbocycles. The molecule has 4 heteroatoms. The van der Waals surface area contributed by atoms with E-state index in [0.717, 1.165) is 18.7 Å². The van der Waals surface area contributed by atoms with Crippen molar-refractivity contribution in [1.82, 2.24) is 0 Å². The number of hydrogen-bond donors (Lipinski definition) is 1. The number of rotatable bonds is 4. The Bertz CT molecular complexity index is 302. The Hall–Kier alpha value is -0.440. The molecular formula is C10H14Cl2N2. The van der Waals surface area contributed by atoms with Crippen LogP contribution < -0.4 is 10.6 Å². The molecule has 1 rings (SSSR count). The Morgan fingerprint density at radius 2 is 2.07 bits per heavy atom. The quantitative estimate of drug-likeness (QED) is 0.866. The molecule has 2 nitrogen and oxygen atoms in total. The van der Waals surface area contributed by atoms with Gasteiger partial charge in [-0.05, 0) is 31.2 Å². The Labute approximate surface area is 94.6 Å². The number of anilines is 1. The molecule has 14 heavy (non-hydrogen) atoms. The molecule has 0 saturated carbocycles. The van der Waals surface area contributed by atoms with Gasteiger partial charge in [-0.1, -0.05) is 23.2 Å². The lowest BCUT2D eigenvalue weighted by atomic mass is 10.3. The fraction of sp³-hybridized carbons (Fsp3) is 0.400. The van der Waals surface area contributed by atoms with Gasteiger partial charge in [-0.2, -0.15) is 0 Å². The molecule has 0 aliphatic rings. The highest BCUT2D eigenvalue weighted by Gasteiger charge is 2.05. The Balaban J connectivity index is 2.74. The highest BCUT2D eigenvalue weighted by atomic mass is 35.5. The first kappa shape index (κ1) is 11.6. The van der Waals surface area contributed by atoms with Gasteiger partial charge in [-0.25, -0.2) is 0 Å². The van der Waals surface area contributed by atoms with Crippen LogP contribution in [0.1, 0.15) is 6.42 Å². The molecule has 2 N–H and O–H groups in total. The van der Waals surface area contributed by atoms with Crippen LogP contribution in [-0.2, 0) is 0 Å². The molecule has 0 saturated heterocycles. The van der Waals surface area contributed by atoms with Gasteiger partial charge in [0.15, 0.2) is 0 Å². The second kappa shape index (κ2) is 5.44. The van der Waals surface area contributed by atoms with Gasteiger partial charge in [0.1, 0.15) is 0 Å². The molecule has 1 aromatic rings. The molecule has 0 heterocycles. The van der Waals surface area contributed by atoms with Crippen molar-refractivity contribution < 1.29 is 0 Å². The van der Waals surface area contributed by atoms with E-state index in [9.17, 15) is 0 Å². The summed E-state index contributed by atoms with van der Waals surface area (Å²) in [5.74, 6) is 0. The Morgan fingerprint density at radius 3 is 2.64 bits per heavy atom. The first-order valence-corrected chi connectivity index (χ1v) is 5.27. The summed E-state index contributed by atoms with van der Waals surface area (Å²) in [4.78, 5) is 2.07. The van der Waals surface area contributed by atoms with Crippen LogP contribution in [0.3, 0.4) is 0 Å². The smallest absolute Gasteiger partial charge is 0.0654 e. The zero-order chi connectivity index (χ0) is 10.6.